The molecular formula is C13H18O3. The Balaban J connectivity index is 2.19. The lowest BCUT2D eigenvalue weighted by Crippen LogP contribution is -2.13. The lowest BCUT2D eigenvalue weighted by atomic mass is 10.0. The van der Waals surface area contributed by atoms with E-state index in [0.717, 1.165) is 12.2 Å². The molecule has 0 bridgehead atoms. The summed E-state index contributed by atoms with van der Waals surface area (Å²) in [5.41, 5.74) is 0. The topological polar surface area (TPSA) is 46.5 Å². The third kappa shape index (κ3) is 4.34. The van der Waals surface area contributed by atoms with Gasteiger partial charge in [-0.3, -0.25) is 4.79 Å². The van der Waals surface area contributed by atoms with Crippen molar-refractivity contribution in [2.45, 2.75) is 26.2 Å². The largest absolute Gasteiger partial charge is 0.494 e. The highest BCUT2D eigenvalue weighted by molar-refractivity contribution is 5.69. The Morgan fingerprint density at radius 1 is 1.38 bits per heavy atom. The second-order valence-electron chi connectivity index (χ2n) is 3.75. The fourth-order valence-corrected chi connectivity index (χ4v) is 1.54. The zero-order valence-corrected chi connectivity index (χ0v) is 9.56. The fraction of sp³-hybridized carbons (Fsp3) is 0.462. The third-order valence-electron chi connectivity index (χ3n) is 2.55. The molecule has 1 aromatic carbocycles. The number of carboxylic acids is 1. The summed E-state index contributed by atoms with van der Waals surface area (Å²) in [5.74, 6) is -0.104. The van der Waals surface area contributed by atoms with Crippen molar-refractivity contribution in [3.63, 3.8) is 0 Å². The zero-order valence-electron chi connectivity index (χ0n) is 9.56. The minimum absolute atomic E-state index is 0.237. The molecule has 88 valence electrons. The molecule has 0 amide bonds. The van der Waals surface area contributed by atoms with Crippen molar-refractivity contribution in [3.05, 3.63) is 30.3 Å². The van der Waals surface area contributed by atoms with Gasteiger partial charge >= 0.3 is 5.97 Å². The highest BCUT2D eigenvalue weighted by Crippen LogP contribution is 2.13. The molecule has 3 heteroatoms. The van der Waals surface area contributed by atoms with Crippen LogP contribution in [-0.4, -0.2) is 17.7 Å². The van der Waals surface area contributed by atoms with Crippen LogP contribution in [-0.2, 0) is 4.79 Å². The van der Waals surface area contributed by atoms with Gasteiger partial charge in [-0.25, -0.2) is 0 Å². The van der Waals surface area contributed by atoms with Crippen molar-refractivity contribution in [2.24, 2.45) is 5.92 Å². The van der Waals surface area contributed by atoms with Crippen molar-refractivity contribution in [2.75, 3.05) is 6.61 Å². The van der Waals surface area contributed by atoms with Gasteiger partial charge in [0.25, 0.3) is 0 Å². The molecule has 0 saturated heterocycles. The molecule has 0 radical (unpaired) electrons. The zero-order chi connectivity index (χ0) is 11.8. The lowest BCUT2D eigenvalue weighted by molar-refractivity contribution is -0.142. The van der Waals surface area contributed by atoms with Crippen LogP contribution in [0.25, 0.3) is 0 Å². The van der Waals surface area contributed by atoms with Crippen LogP contribution < -0.4 is 4.74 Å². The van der Waals surface area contributed by atoms with Crippen LogP contribution in [0.3, 0.4) is 0 Å². The number of hydrogen-bond acceptors (Lipinski definition) is 2. The summed E-state index contributed by atoms with van der Waals surface area (Å²) in [6.45, 7) is 2.48. The van der Waals surface area contributed by atoms with Crippen LogP contribution in [0.5, 0.6) is 5.75 Å². The molecule has 0 spiro atoms. The standard InChI is InChI=1S/C13H18O3/c1-2-11(13(14)15)7-6-10-16-12-8-4-3-5-9-12/h3-5,8-9,11H,2,6-7,10H2,1H3,(H,14,15)/t11-/m0/s1. The first-order valence-electron chi connectivity index (χ1n) is 5.64. The van der Waals surface area contributed by atoms with Gasteiger partial charge in [0.05, 0.1) is 12.5 Å². The average molecular weight is 222 g/mol. The molecular weight excluding hydrogens is 204 g/mol. The third-order valence-corrected chi connectivity index (χ3v) is 2.55. The number of para-hydroxylation sites is 1. The van der Waals surface area contributed by atoms with Gasteiger partial charge in [-0.1, -0.05) is 25.1 Å². The maximum absolute atomic E-state index is 10.8. The molecule has 0 aliphatic carbocycles. The summed E-state index contributed by atoms with van der Waals surface area (Å²) in [5, 5.41) is 8.85. The van der Waals surface area contributed by atoms with Gasteiger partial charge in [-0.2, -0.15) is 0 Å². The first kappa shape index (κ1) is 12.6. The number of ether oxygens (including phenoxy) is 1. The molecule has 0 aromatic heterocycles. The normalized spacial score (nSPS) is 12.1. The predicted molar refractivity (Wildman–Crippen MR) is 62.6 cm³/mol. The highest BCUT2D eigenvalue weighted by Gasteiger charge is 2.13. The van der Waals surface area contributed by atoms with Gasteiger partial charge in [-0.05, 0) is 31.4 Å². The van der Waals surface area contributed by atoms with Crippen LogP contribution in [0.15, 0.2) is 30.3 Å². The second-order valence-corrected chi connectivity index (χ2v) is 3.75. The Kier molecular flexibility index (Phi) is 5.40. The summed E-state index contributed by atoms with van der Waals surface area (Å²) in [4.78, 5) is 10.8. The number of rotatable bonds is 7. The summed E-state index contributed by atoms with van der Waals surface area (Å²) in [7, 11) is 0. The Labute approximate surface area is 96.1 Å². The van der Waals surface area contributed by atoms with Crippen LogP contribution in [0, 0.1) is 5.92 Å². The molecule has 1 aromatic rings. The van der Waals surface area contributed by atoms with Crippen molar-refractivity contribution in [1.29, 1.82) is 0 Å². The van der Waals surface area contributed by atoms with Crippen molar-refractivity contribution in [1.82, 2.24) is 0 Å². The molecule has 0 saturated carbocycles. The highest BCUT2D eigenvalue weighted by atomic mass is 16.5. The van der Waals surface area contributed by atoms with Crippen LogP contribution in [0.1, 0.15) is 26.2 Å². The van der Waals surface area contributed by atoms with Crippen LogP contribution >= 0.6 is 0 Å². The lowest BCUT2D eigenvalue weighted by Gasteiger charge is -2.10. The van der Waals surface area contributed by atoms with Crippen LogP contribution in [0.2, 0.25) is 0 Å². The fourth-order valence-electron chi connectivity index (χ4n) is 1.54. The quantitative estimate of drug-likeness (QED) is 0.721. The van der Waals surface area contributed by atoms with E-state index in [0.29, 0.717) is 19.4 Å². The Morgan fingerprint density at radius 3 is 2.62 bits per heavy atom. The maximum atomic E-state index is 10.8. The molecule has 0 heterocycles. The van der Waals surface area contributed by atoms with E-state index in [9.17, 15) is 4.79 Å². The Morgan fingerprint density at radius 2 is 2.06 bits per heavy atom. The van der Waals surface area contributed by atoms with Crippen molar-refractivity contribution < 1.29 is 14.6 Å². The van der Waals surface area contributed by atoms with Gasteiger partial charge in [0.2, 0.25) is 0 Å². The number of aliphatic carboxylic acids is 1. The molecule has 0 aliphatic rings. The van der Waals surface area contributed by atoms with Crippen LogP contribution in [0.4, 0.5) is 0 Å². The predicted octanol–water partition coefficient (Wildman–Crippen LogP) is 2.96. The first-order chi connectivity index (χ1) is 7.74. The summed E-state index contributed by atoms with van der Waals surface area (Å²) in [6.07, 6.45) is 2.14. The van der Waals surface area contributed by atoms with E-state index in [1.54, 1.807) is 0 Å². The summed E-state index contributed by atoms with van der Waals surface area (Å²) < 4.78 is 5.49. The van der Waals surface area contributed by atoms with E-state index in [4.69, 9.17) is 9.84 Å². The summed E-state index contributed by atoms with van der Waals surface area (Å²) in [6, 6.07) is 9.57. The number of carbonyl (C=O) groups is 1. The number of carboxylic acid groups (broad SMARTS) is 1. The molecule has 1 rings (SSSR count). The minimum Gasteiger partial charge on any atom is -0.494 e. The number of hydrogen-bond donors (Lipinski definition) is 1. The molecule has 0 aliphatic heterocycles. The molecule has 1 atom stereocenters. The SMILES string of the molecule is CC[C@@H](CCCOc1ccccc1)C(=O)O. The molecule has 0 fully saturated rings. The Bertz CT molecular complexity index is 308. The van der Waals surface area contributed by atoms with Gasteiger partial charge in [0.1, 0.15) is 5.75 Å². The monoisotopic (exact) mass is 222 g/mol. The molecule has 3 nitrogen and oxygen atoms in total. The minimum atomic E-state index is -0.706. The van der Waals surface area contributed by atoms with Gasteiger partial charge in [0, 0.05) is 0 Å². The maximum Gasteiger partial charge on any atom is 0.306 e. The average Bonchev–Trinajstić information content (AvgIpc) is 2.30. The Hall–Kier alpha value is -1.51. The van der Waals surface area contributed by atoms with Gasteiger partial charge in [0.15, 0.2) is 0 Å². The van der Waals surface area contributed by atoms with E-state index < -0.39 is 5.97 Å². The molecule has 0 unspecified atom stereocenters. The van der Waals surface area contributed by atoms with Gasteiger partial charge in [-0.15, -0.1) is 0 Å². The van der Waals surface area contributed by atoms with E-state index in [1.807, 2.05) is 37.3 Å². The van der Waals surface area contributed by atoms with E-state index in [2.05, 4.69) is 0 Å². The van der Waals surface area contributed by atoms with E-state index in [-0.39, 0.29) is 5.92 Å². The first-order valence-corrected chi connectivity index (χ1v) is 5.64. The number of benzene rings is 1. The molecule has 16 heavy (non-hydrogen) atoms. The smallest absolute Gasteiger partial charge is 0.306 e. The second kappa shape index (κ2) is 6.88. The van der Waals surface area contributed by atoms with Crippen molar-refractivity contribution >= 4 is 5.97 Å². The van der Waals surface area contributed by atoms with E-state index in [1.165, 1.54) is 0 Å². The van der Waals surface area contributed by atoms with E-state index >= 15 is 0 Å². The van der Waals surface area contributed by atoms with Crippen molar-refractivity contribution in [3.8, 4) is 5.75 Å². The van der Waals surface area contributed by atoms with Gasteiger partial charge < -0.3 is 9.84 Å². The summed E-state index contributed by atoms with van der Waals surface area (Å²) >= 11 is 0. The molecule has 1 N–H and O–H groups in total.